The number of benzene rings is 2. The third kappa shape index (κ3) is 3.86. The van der Waals surface area contributed by atoms with E-state index in [2.05, 4.69) is 34.3 Å². The molecule has 3 rings (SSSR count). The second-order valence-corrected chi connectivity index (χ2v) is 5.75. The average molecular weight is 331 g/mol. The molecule has 0 aliphatic heterocycles. The van der Waals surface area contributed by atoms with Crippen molar-refractivity contribution in [3.8, 4) is 0 Å². The average Bonchev–Trinajstić information content (AvgIpc) is 2.65. The molecule has 0 aliphatic carbocycles. The number of aryl methyl sites for hydroxylation is 1. The topological polar surface area (TPSA) is 45.2 Å². The lowest BCUT2D eigenvalue weighted by Crippen LogP contribution is -2.18. The molecule has 2 aromatic carbocycles. The van der Waals surface area contributed by atoms with Crippen molar-refractivity contribution in [2.75, 3.05) is 16.8 Å². The minimum absolute atomic E-state index is 0.122. The van der Waals surface area contributed by atoms with Crippen LogP contribution in [0.1, 0.15) is 22.8 Å². The summed E-state index contributed by atoms with van der Waals surface area (Å²) < 4.78 is 0. The van der Waals surface area contributed by atoms with Gasteiger partial charge in [-0.05, 0) is 49.7 Å². The number of aromatic nitrogens is 1. The first kappa shape index (κ1) is 16.7. The molecular weight excluding hydrogens is 310 g/mol. The van der Waals surface area contributed by atoms with E-state index in [0.29, 0.717) is 11.3 Å². The number of hydrogen-bond acceptors (Lipinski definition) is 3. The Morgan fingerprint density at radius 2 is 1.72 bits per heavy atom. The zero-order valence-corrected chi connectivity index (χ0v) is 14.4. The van der Waals surface area contributed by atoms with Crippen molar-refractivity contribution in [3.63, 3.8) is 0 Å². The third-order valence-electron chi connectivity index (χ3n) is 4.06. The lowest BCUT2D eigenvalue weighted by molar-refractivity contribution is 0.102. The number of nitrogens with zero attached hydrogens (tertiary/aromatic N) is 2. The summed E-state index contributed by atoms with van der Waals surface area (Å²) in [4.78, 5) is 19.0. The maximum absolute atomic E-state index is 12.4. The summed E-state index contributed by atoms with van der Waals surface area (Å²) in [7, 11) is 0. The molecule has 3 aromatic rings. The Morgan fingerprint density at radius 1 is 1.00 bits per heavy atom. The Morgan fingerprint density at radius 3 is 2.36 bits per heavy atom. The molecule has 0 unspecified atom stereocenters. The van der Waals surface area contributed by atoms with Gasteiger partial charge in [0.25, 0.3) is 5.91 Å². The van der Waals surface area contributed by atoms with Crippen molar-refractivity contribution in [2.45, 2.75) is 13.8 Å². The lowest BCUT2D eigenvalue weighted by Gasteiger charge is -2.22. The smallest absolute Gasteiger partial charge is 0.255 e. The van der Waals surface area contributed by atoms with Gasteiger partial charge in [0, 0.05) is 17.8 Å². The number of nitrogens with one attached hydrogen (secondary N) is 1. The number of carbonyl (C=O) groups is 1. The summed E-state index contributed by atoms with van der Waals surface area (Å²) >= 11 is 0. The van der Waals surface area contributed by atoms with E-state index >= 15 is 0 Å². The van der Waals surface area contributed by atoms with Gasteiger partial charge in [-0.3, -0.25) is 4.79 Å². The van der Waals surface area contributed by atoms with Gasteiger partial charge in [-0.2, -0.15) is 0 Å². The van der Waals surface area contributed by atoms with Gasteiger partial charge >= 0.3 is 0 Å². The van der Waals surface area contributed by atoms with Gasteiger partial charge in [-0.15, -0.1) is 0 Å². The van der Waals surface area contributed by atoms with Crippen LogP contribution >= 0.6 is 0 Å². The first-order chi connectivity index (χ1) is 12.2. The highest BCUT2D eigenvalue weighted by Crippen LogP contribution is 2.23. The van der Waals surface area contributed by atoms with E-state index in [1.807, 2.05) is 61.5 Å². The largest absolute Gasteiger partial charge is 0.327 e. The summed E-state index contributed by atoms with van der Waals surface area (Å²) in [6, 6.07) is 21.5. The van der Waals surface area contributed by atoms with Crippen LogP contribution in [0.3, 0.4) is 0 Å². The third-order valence-corrected chi connectivity index (χ3v) is 4.06. The number of carbonyl (C=O) groups excluding carboxylic acids is 1. The Balaban J connectivity index is 1.76. The van der Waals surface area contributed by atoms with Crippen LogP contribution < -0.4 is 10.2 Å². The van der Waals surface area contributed by atoms with E-state index in [4.69, 9.17) is 0 Å². The van der Waals surface area contributed by atoms with E-state index in [1.165, 1.54) is 0 Å². The maximum Gasteiger partial charge on any atom is 0.255 e. The maximum atomic E-state index is 12.4. The number of amides is 1. The second kappa shape index (κ2) is 7.62. The highest BCUT2D eigenvalue weighted by atomic mass is 16.1. The number of hydrogen-bond donors (Lipinski definition) is 1. The van der Waals surface area contributed by atoms with E-state index in [0.717, 1.165) is 23.6 Å². The van der Waals surface area contributed by atoms with Crippen molar-refractivity contribution in [2.24, 2.45) is 0 Å². The van der Waals surface area contributed by atoms with Gasteiger partial charge < -0.3 is 10.2 Å². The number of pyridine rings is 1. The molecule has 25 heavy (non-hydrogen) atoms. The molecule has 0 saturated carbocycles. The highest BCUT2D eigenvalue weighted by molar-refractivity contribution is 6.05. The van der Waals surface area contributed by atoms with Gasteiger partial charge in [0.05, 0.1) is 11.9 Å². The molecule has 1 heterocycles. The van der Waals surface area contributed by atoms with Crippen LogP contribution in [0.2, 0.25) is 0 Å². The predicted molar refractivity (Wildman–Crippen MR) is 102 cm³/mol. The fourth-order valence-corrected chi connectivity index (χ4v) is 2.73. The van der Waals surface area contributed by atoms with Crippen molar-refractivity contribution in [1.29, 1.82) is 0 Å². The second-order valence-electron chi connectivity index (χ2n) is 5.75. The van der Waals surface area contributed by atoms with Gasteiger partial charge in [0.1, 0.15) is 5.82 Å². The Bertz CT molecular complexity index is 845. The monoisotopic (exact) mass is 331 g/mol. The van der Waals surface area contributed by atoms with Crippen LogP contribution in [-0.2, 0) is 0 Å². The summed E-state index contributed by atoms with van der Waals surface area (Å²) in [5.41, 5.74) is 3.40. The van der Waals surface area contributed by atoms with E-state index in [1.54, 1.807) is 6.20 Å². The molecule has 0 fully saturated rings. The lowest BCUT2D eigenvalue weighted by atomic mass is 10.1. The molecule has 4 nitrogen and oxygen atoms in total. The number of anilines is 3. The first-order valence-electron chi connectivity index (χ1n) is 8.34. The minimum atomic E-state index is -0.122. The van der Waals surface area contributed by atoms with Crippen LogP contribution in [0.25, 0.3) is 0 Å². The molecule has 0 bridgehead atoms. The van der Waals surface area contributed by atoms with E-state index < -0.39 is 0 Å². The number of rotatable bonds is 5. The van der Waals surface area contributed by atoms with Gasteiger partial charge in [0.2, 0.25) is 0 Å². The molecular formula is C21H21N3O. The predicted octanol–water partition coefficient (Wildman–Crippen LogP) is 4.80. The fraction of sp³-hybridized carbons (Fsp3) is 0.143. The molecule has 126 valence electrons. The molecule has 1 N–H and O–H groups in total. The van der Waals surface area contributed by atoms with Crippen molar-refractivity contribution in [3.05, 3.63) is 84.1 Å². The van der Waals surface area contributed by atoms with Crippen LogP contribution in [0, 0.1) is 6.92 Å². The molecule has 0 atom stereocenters. The van der Waals surface area contributed by atoms with E-state index in [9.17, 15) is 4.79 Å². The summed E-state index contributed by atoms with van der Waals surface area (Å²) in [5.74, 6) is 0.727. The van der Waals surface area contributed by atoms with Crippen LogP contribution in [-0.4, -0.2) is 17.4 Å². The quantitative estimate of drug-likeness (QED) is 0.730. The fourth-order valence-electron chi connectivity index (χ4n) is 2.73. The summed E-state index contributed by atoms with van der Waals surface area (Å²) in [6.07, 6.45) is 1.69. The molecule has 1 amide bonds. The Kier molecular flexibility index (Phi) is 5.09. The molecule has 0 spiro atoms. The Hall–Kier alpha value is -3.14. The summed E-state index contributed by atoms with van der Waals surface area (Å²) in [5, 5.41) is 2.90. The standard InChI is InChI=1S/C21H21N3O/c1-3-24(18-10-5-4-6-11-18)20-14-13-17(15-22-20)23-21(25)19-12-8-7-9-16(19)2/h4-15H,3H2,1-2H3,(H,23,25). The van der Waals surface area contributed by atoms with Gasteiger partial charge in [-0.25, -0.2) is 4.98 Å². The zero-order chi connectivity index (χ0) is 17.6. The SMILES string of the molecule is CCN(c1ccccc1)c1ccc(NC(=O)c2ccccc2C)cn1. The zero-order valence-electron chi connectivity index (χ0n) is 14.4. The van der Waals surface area contributed by atoms with E-state index in [-0.39, 0.29) is 5.91 Å². The van der Waals surface area contributed by atoms with Crippen molar-refractivity contribution in [1.82, 2.24) is 4.98 Å². The number of para-hydroxylation sites is 1. The highest BCUT2D eigenvalue weighted by Gasteiger charge is 2.11. The van der Waals surface area contributed by atoms with Crippen LogP contribution in [0.15, 0.2) is 72.9 Å². The van der Waals surface area contributed by atoms with Crippen LogP contribution in [0.5, 0.6) is 0 Å². The Labute approximate surface area is 148 Å². The first-order valence-corrected chi connectivity index (χ1v) is 8.34. The normalized spacial score (nSPS) is 10.3. The molecule has 0 aliphatic rings. The minimum Gasteiger partial charge on any atom is -0.327 e. The summed E-state index contributed by atoms with van der Waals surface area (Å²) in [6.45, 7) is 4.82. The van der Waals surface area contributed by atoms with Crippen molar-refractivity contribution >= 4 is 23.1 Å². The van der Waals surface area contributed by atoms with Gasteiger partial charge in [-0.1, -0.05) is 36.4 Å². The molecule has 1 aromatic heterocycles. The van der Waals surface area contributed by atoms with Gasteiger partial charge in [0.15, 0.2) is 0 Å². The van der Waals surface area contributed by atoms with Crippen LogP contribution in [0.4, 0.5) is 17.2 Å². The molecule has 0 radical (unpaired) electrons. The molecule has 4 heteroatoms. The van der Waals surface area contributed by atoms with Crippen molar-refractivity contribution < 1.29 is 4.79 Å². The molecule has 0 saturated heterocycles.